The van der Waals surface area contributed by atoms with Gasteiger partial charge in [0.25, 0.3) is 0 Å². The van der Waals surface area contributed by atoms with Crippen molar-refractivity contribution in [1.29, 1.82) is 0 Å². The normalized spacial score (nSPS) is 13.7. The third-order valence-corrected chi connectivity index (χ3v) is 2.68. The summed E-state index contributed by atoms with van der Waals surface area (Å²) in [5.74, 6) is 1.46. The second kappa shape index (κ2) is 4.89. The third kappa shape index (κ3) is 3.42. The van der Waals surface area contributed by atoms with Crippen LogP contribution in [0.15, 0.2) is 24.3 Å². The molecule has 84 valence electrons. The molecule has 1 nitrogen and oxygen atoms in total. The Hall–Kier alpha value is -0.690. The predicted molar refractivity (Wildman–Crippen MR) is 66.0 cm³/mol. The van der Waals surface area contributed by atoms with Crippen LogP contribution in [0.2, 0.25) is 0 Å². The van der Waals surface area contributed by atoms with Gasteiger partial charge in [-0.1, -0.05) is 39.0 Å². The Morgan fingerprint density at radius 2 is 1.87 bits per heavy atom. The topological polar surface area (TPSA) is 9.23 Å². The van der Waals surface area contributed by atoms with Crippen LogP contribution < -0.4 is 4.74 Å². The molecule has 0 amide bonds. The lowest BCUT2D eigenvalue weighted by Gasteiger charge is -2.24. The van der Waals surface area contributed by atoms with Crippen LogP contribution in [0.3, 0.4) is 0 Å². The molecule has 1 unspecified atom stereocenters. The fourth-order valence-corrected chi connectivity index (χ4v) is 1.50. The molecule has 1 rings (SSSR count). The Labute approximate surface area is 97.4 Å². The number of para-hydroxylation sites is 1. The molecule has 0 heterocycles. The molecule has 0 radical (unpaired) electrons. The van der Waals surface area contributed by atoms with Gasteiger partial charge in [-0.25, -0.2) is 0 Å². The van der Waals surface area contributed by atoms with Crippen LogP contribution in [-0.2, 0) is 5.41 Å². The standard InChI is InChI=1S/C13H19ClO/c1-10(9-14)15-12-8-6-5-7-11(12)13(2,3)4/h5-8,10H,9H2,1-4H3. The van der Waals surface area contributed by atoms with E-state index in [1.165, 1.54) is 5.56 Å². The van der Waals surface area contributed by atoms with Crippen LogP contribution in [0.1, 0.15) is 33.3 Å². The van der Waals surface area contributed by atoms with Gasteiger partial charge >= 0.3 is 0 Å². The molecule has 1 aromatic carbocycles. The summed E-state index contributed by atoms with van der Waals surface area (Å²) >= 11 is 5.74. The van der Waals surface area contributed by atoms with E-state index in [9.17, 15) is 0 Å². The Bertz CT molecular complexity index is 315. The lowest BCUT2D eigenvalue weighted by molar-refractivity contribution is 0.239. The van der Waals surface area contributed by atoms with E-state index in [1.807, 2.05) is 25.1 Å². The quantitative estimate of drug-likeness (QED) is 0.709. The first kappa shape index (κ1) is 12.4. The molecule has 0 fully saturated rings. The average Bonchev–Trinajstić information content (AvgIpc) is 2.17. The number of hydrogen-bond donors (Lipinski definition) is 0. The zero-order chi connectivity index (χ0) is 11.5. The van der Waals surface area contributed by atoms with E-state index in [4.69, 9.17) is 16.3 Å². The first-order valence-corrected chi connectivity index (χ1v) is 5.80. The number of alkyl halides is 1. The van der Waals surface area contributed by atoms with Crippen molar-refractivity contribution < 1.29 is 4.74 Å². The summed E-state index contributed by atoms with van der Waals surface area (Å²) in [7, 11) is 0. The van der Waals surface area contributed by atoms with Gasteiger partial charge in [0.05, 0.1) is 5.88 Å². The van der Waals surface area contributed by atoms with Gasteiger partial charge in [0.1, 0.15) is 11.9 Å². The van der Waals surface area contributed by atoms with E-state index in [1.54, 1.807) is 0 Å². The maximum absolute atomic E-state index is 5.79. The number of halogens is 1. The molecule has 0 spiro atoms. The highest BCUT2D eigenvalue weighted by Gasteiger charge is 2.19. The van der Waals surface area contributed by atoms with Gasteiger partial charge in [-0.2, -0.15) is 0 Å². The van der Waals surface area contributed by atoms with Crippen LogP contribution in [0.5, 0.6) is 5.75 Å². The van der Waals surface area contributed by atoms with Crippen molar-refractivity contribution >= 4 is 11.6 Å². The second-order valence-corrected chi connectivity index (χ2v) is 5.14. The summed E-state index contributed by atoms with van der Waals surface area (Å²) in [6.45, 7) is 8.52. The van der Waals surface area contributed by atoms with Crippen molar-refractivity contribution in [3.8, 4) is 5.75 Å². The van der Waals surface area contributed by atoms with Gasteiger partial charge in [-0.15, -0.1) is 11.6 Å². The lowest BCUT2D eigenvalue weighted by Crippen LogP contribution is -2.18. The highest BCUT2D eigenvalue weighted by molar-refractivity contribution is 6.18. The molecule has 15 heavy (non-hydrogen) atoms. The molecular formula is C13H19ClO. The van der Waals surface area contributed by atoms with Crippen LogP contribution >= 0.6 is 11.6 Å². The van der Waals surface area contributed by atoms with Crippen LogP contribution in [0.4, 0.5) is 0 Å². The SMILES string of the molecule is CC(CCl)Oc1ccccc1C(C)(C)C. The average molecular weight is 227 g/mol. The Morgan fingerprint density at radius 3 is 2.40 bits per heavy atom. The fourth-order valence-electron chi connectivity index (χ4n) is 1.44. The minimum atomic E-state index is 0.0511. The van der Waals surface area contributed by atoms with E-state index < -0.39 is 0 Å². The van der Waals surface area contributed by atoms with Gasteiger partial charge in [0.2, 0.25) is 0 Å². The molecule has 1 atom stereocenters. The lowest BCUT2D eigenvalue weighted by atomic mass is 9.86. The predicted octanol–water partition coefficient (Wildman–Crippen LogP) is 3.99. The molecule has 0 saturated heterocycles. The van der Waals surface area contributed by atoms with Gasteiger partial charge in [-0.3, -0.25) is 0 Å². The van der Waals surface area contributed by atoms with Crippen molar-refractivity contribution in [2.45, 2.75) is 39.2 Å². The van der Waals surface area contributed by atoms with Gasteiger partial charge in [0, 0.05) is 0 Å². The van der Waals surface area contributed by atoms with E-state index in [0.29, 0.717) is 5.88 Å². The fraction of sp³-hybridized carbons (Fsp3) is 0.538. The molecule has 1 aromatic rings. The van der Waals surface area contributed by atoms with Crippen molar-refractivity contribution in [3.63, 3.8) is 0 Å². The van der Waals surface area contributed by atoms with Gasteiger partial charge < -0.3 is 4.74 Å². The summed E-state index contributed by atoms with van der Waals surface area (Å²) in [5, 5.41) is 0. The molecule has 0 aromatic heterocycles. The van der Waals surface area contributed by atoms with Crippen molar-refractivity contribution in [2.24, 2.45) is 0 Å². The Morgan fingerprint density at radius 1 is 1.27 bits per heavy atom. The summed E-state index contributed by atoms with van der Waals surface area (Å²) in [6, 6.07) is 8.14. The first-order valence-electron chi connectivity index (χ1n) is 5.27. The molecule has 0 aliphatic rings. The van der Waals surface area contributed by atoms with E-state index in [-0.39, 0.29) is 11.5 Å². The summed E-state index contributed by atoms with van der Waals surface area (Å²) in [4.78, 5) is 0. The number of benzene rings is 1. The van der Waals surface area contributed by atoms with E-state index >= 15 is 0 Å². The summed E-state index contributed by atoms with van der Waals surface area (Å²) in [6.07, 6.45) is 0.0511. The number of rotatable bonds is 3. The van der Waals surface area contributed by atoms with Crippen molar-refractivity contribution in [3.05, 3.63) is 29.8 Å². The minimum absolute atomic E-state index is 0.0511. The third-order valence-electron chi connectivity index (χ3n) is 2.24. The molecule has 0 saturated carbocycles. The molecule has 0 aliphatic heterocycles. The van der Waals surface area contributed by atoms with Crippen molar-refractivity contribution in [2.75, 3.05) is 5.88 Å². The monoisotopic (exact) mass is 226 g/mol. The molecule has 0 bridgehead atoms. The highest BCUT2D eigenvalue weighted by Crippen LogP contribution is 2.31. The van der Waals surface area contributed by atoms with Crippen LogP contribution in [0, 0.1) is 0 Å². The van der Waals surface area contributed by atoms with E-state index in [0.717, 1.165) is 5.75 Å². The second-order valence-electron chi connectivity index (χ2n) is 4.83. The smallest absolute Gasteiger partial charge is 0.123 e. The van der Waals surface area contributed by atoms with Gasteiger partial charge in [-0.05, 0) is 24.0 Å². The number of hydrogen-bond acceptors (Lipinski definition) is 1. The summed E-state index contributed by atoms with van der Waals surface area (Å²) < 4.78 is 5.79. The highest BCUT2D eigenvalue weighted by atomic mass is 35.5. The molecular weight excluding hydrogens is 208 g/mol. The maximum atomic E-state index is 5.79. The minimum Gasteiger partial charge on any atom is -0.489 e. The number of ether oxygens (including phenoxy) is 1. The first-order chi connectivity index (χ1) is 6.95. The Balaban J connectivity index is 2.97. The Kier molecular flexibility index (Phi) is 4.04. The molecule has 2 heteroatoms. The largest absolute Gasteiger partial charge is 0.489 e. The zero-order valence-electron chi connectivity index (χ0n) is 9.88. The van der Waals surface area contributed by atoms with E-state index in [2.05, 4.69) is 26.8 Å². The maximum Gasteiger partial charge on any atom is 0.123 e. The van der Waals surface area contributed by atoms with Gasteiger partial charge in [0.15, 0.2) is 0 Å². The van der Waals surface area contributed by atoms with Crippen LogP contribution in [0.25, 0.3) is 0 Å². The molecule has 0 N–H and O–H groups in total. The zero-order valence-corrected chi connectivity index (χ0v) is 10.6. The molecule has 0 aliphatic carbocycles. The summed E-state index contributed by atoms with van der Waals surface area (Å²) in [5.41, 5.74) is 1.32. The van der Waals surface area contributed by atoms with Crippen LogP contribution in [-0.4, -0.2) is 12.0 Å². The van der Waals surface area contributed by atoms with Crippen molar-refractivity contribution in [1.82, 2.24) is 0 Å².